The number of imidazole rings is 2. The van der Waals surface area contributed by atoms with Gasteiger partial charge in [-0.15, -0.1) is 0 Å². The molecule has 3 aromatic heterocycles. The third-order valence-corrected chi connectivity index (χ3v) is 13.0. The molecule has 58 heavy (non-hydrogen) atoms. The van der Waals surface area contributed by atoms with E-state index in [1.165, 1.54) is 55.4 Å². The lowest BCUT2D eigenvalue weighted by Crippen LogP contribution is -2.59. The molecule has 9 aromatic rings. The van der Waals surface area contributed by atoms with Gasteiger partial charge in [0.1, 0.15) is 22.7 Å². The summed E-state index contributed by atoms with van der Waals surface area (Å²) in [4.78, 5) is 11.3. The highest BCUT2D eigenvalue weighted by atomic mass is 16.3. The molecule has 0 radical (unpaired) electrons. The molecule has 5 nitrogen and oxygen atoms in total. The first-order chi connectivity index (χ1) is 27.5. The van der Waals surface area contributed by atoms with Crippen molar-refractivity contribution in [2.24, 2.45) is 0 Å². The molecular formula is C52H49BN4O. The van der Waals surface area contributed by atoms with Gasteiger partial charge in [-0.1, -0.05) is 141 Å². The Hall–Kier alpha value is -5.88. The summed E-state index contributed by atoms with van der Waals surface area (Å²) in [7, 11) is 0. The van der Waals surface area contributed by atoms with E-state index in [-0.39, 0.29) is 23.0 Å². The summed E-state index contributed by atoms with van der Waals surface area (Å²) >= 11 is 0. The van der Waals surface area contributed by atoms with Crippen LogP contribution in [-0.4, -0.2) is 25.8 Å². The lowest BCUT2D eigenvalue weighted by atomic mass is 9.34. The van der Waals surface area contributed by atoms with Gasteiger partial charge >= 0.3 is 0 Å². The van der Waals surface area contributed by atoms with E-state index in [4.69, 9.17) is 14.4 Å². The summed E-state index contributed by atoms with van der Waals surface area (Å²) in [6.45, 7) is 25.1. The quantitative estimate of drug-likeness (QED) is 0.165. The van der Waals surface area contributed by atoms with E-state index in [0.29, 0.717) is 0 Å². The average molecular weight is 757 g/mol. The van der Waals surface area contributed by atoms with Crippen LogP contribution in [-0.2, 0) is 16.2 Å². The maximum atomic E-state index is 7.20. The molecule has 2 aliphatic heterocycles. The van der Waals surface area contributed by atoms with Crippen molar-refractivity contribution in [1.82, 2.24) is 19.1 Å². The number of aryl methyl sites for hydroxylation is 2. The Morgan fingerprint density at radius 1 is 0.534 bits per heavy atom. The van der Waals surface area contributed by atoms with Gasteiger partial charge in [-0.25, -0.2) is 9.97 Å². The standard InChI is InChI=1S/C52H49BN4O/c1-28-17-15-18-29(2)40(28)49-55-43-45-37(27-33-32-25-31(50(3,4)5)26-35(52(9,10)11)46(32)58-47(33)43)53-36-24-23-34(51(6,7)8)42-44(36)56(48(54-42)30-19-13-12-14-20-30)38-21-16-22-39(41(38)53)57(45)49/h12-27H,1-11H3. The molecular weight excluding hydrogens is 707 g/mol. The van der Waals surface area contributed by atoms with Crippen molar-refractivity contribution >= 4 is 67.1 Å². The Bertz CT molecular complexity index is 3230. The zero-order chi connectivity index (χ0) is 40.4. The van der Waals surface area contributed by atoms with E-state index in [0.717, 1.165) is 67.0 Å². The maximum absolute atomic E-state index is 7.20. The van der Waals surface area contributed by atoms with Gasteiger partial charge < -0.3 is 4.42 Å². The molecule has 6 aromatic carbocycles. The third kappa shape index (κ3) is 4.66. The molecule has 0 fully saturated rings. The monoisotopic (exact) mass is 756 g/mol. The molecule has 0 saturated carbocycles. The van der Waals surface area contributed by atoms with E-state index in [9.17, 15) is 0 Å². The Balaban J connectivity index is 1.35. The van der Waals surface area contributed by atoms with Gasteiger partial charge in [0.2, 0.25) is 0 Å². The summed E-state index contributed by atoms with van der Waals surface area (Å²) in [6.07, 6.45) is 0. The van der Waals surface area contributed by atoms with Crippen molar-refractivity contribution in [2.75, 3.05) is 0 Å². The lowest BCUT2D eigenvalue weighted by molar-refractivity contribution is 0.559. The molecule has 0 saturated heterocycles. The molecule has 0 atom stereocenters. The Morgan fingerprint density at radius 2 is 1.14 bits per heavy atom. The van der Waals surface area contributed by atoms with Crippen molar-refractivity contribution in [3.05, 3.63) is 125 Å². The van der Waals surface area contributed by atoms with Crippen LogP contribution in [0.5, 0.6) is 0 Å². The second-order valence-corrected chi connectivity index (χ2v) is 20.0. The number of hydrogen-bond acceptors (Lipinski definition) is 3. The van der Waals surface area contributed by atoms with Crippen LogP contribution in [0.15, 0.2) is 101 Å². The molecule has 5 heterocycles. The predicted octanol–water partition coefficient (Wildman–Crippen LogP) is 11.3. The van der Waals surface area contributed by atoms with Crippen molar-refractivity contribution in [1.29, 1.82) is 0 Å². The second-order valence-electron chi connectivity index (χ2n) is 20.0. The Labute approximate surface area is 340 Å². The summed E-state index contributed by atoms with van der Waals surface area (Å²) in [5, 5.41) is 2.28. The van der Waals surface area contributed by atoms with Crippen LogP contribution in [0.4, 0.5) is 0 Å². The van der Waals surface area contributed by atoms with Crippen LogP contribution in [0, 0.1) is 13.8 Å². The first-order valence-electron chi connectivity index (χ1n) is 20.8. The Morgan fingerprint density at radius 3 is 1.79 bits per heavy atom. The van der Waals surface area contributed by atoms with E-state index < -0.39 is 0 Å². The lowest BCUT2D eigenvalue weighted by Gasteiger charge is -2.34. The first-order valence-corrected chi connectivity index (χ1v) is 20.8. The van der Waals surface area contributed by atoms with Crippen LogP contribution in [0.25, 0.3) is 78.2 Å². The summed E-state index contributed by atoms with van der Waals surface area (Å²) < 4.78 is 12.1. The largest absolute Gasteiger partial charge is 0.453 e. The molecule has 0 amide bonds. The fourth-order valence-electron chi connectivity index (χ4n) is 10.1. The van der Waals surface area contributed by atoms with Gasteiger partial charge in [0.15, 0.2) is 5.58 Å². The third-order valence-electron chi connectivity index (χ3n) is 13.0. The molecule has 0 bridgehead atoms. The highest BCUT2D eigenvalue weighted by Gasteiger charge is 2.43. The number of aromatic nitrogens is 4. The minimum Gasteiger partial charge on any atom is -0.453 e. The number of rotatable bonds is 2. The molecule has 286 valence electrons. The Kier molecular flexibility index (Phi) is 6.94. The number of fused-ring (bicyclic) bond motifs is 8. The highest BCUT2D eigenvalue weighted by molar-refractivity contribution is 7.00. The van der Waals surface area contributed by atoms with E-state index >= 15 is 0 Å². The van der Waals surface area contributed by atoms with Crippen molar-refractivity contribution in [3.8, 4) is 34.2 Å². The van der Waals surface area contributed by atoms with Gasteiger partial charge in [-0.05, 0) is 86.9 Å². The highest BCUT2D eigenvalue weighted by Crippen LogP contribution is 2.45. The number of benzene rings is 6. The van der Waals surface area contributed by atoms with Crippen LogP contribution < -0.4 is 16.4 Å². The van der Waals surface area contributed by atoms with E-state index in [1.807, 2.05) is 0 Å². The number of hydrogen-bond donors (Lipinski definition) is 0. The van der Waals surface area contributed by atoms with Crippen molar-refractivity contribution < 1.29 is 4.42 Å². The van der Waals surface area contributed by atoms with Crippen LogP contribution >= 0.6 is 0 Å². The minimum atomic E-state index is -0.129. The summed E-state index contributed by atoms with van der Waals surface area (Å²) in [5.74, 6) is 1.92. The van der Waals surface area contributed by atoms with Crippen LogP contribution in [0.1, 0.15) is 90.1 Å². The number of furan rings is 1. The molecule has 0 aliphatic carbocycles. The van der Waals surface area contributed by atoms with Gasteiger partial charge in [0, 0.05) is 38.8 Å². The van der Waals surface area contributed by atoms with E-state index in [1.54, 1.807) is 0 Å². The predicted molar refractivity (Wildman–Crippen MR) is 244 cm³/mol. The SMILES string of the molecule is Cc1cccc(C)c1-c1nc2c3oc4c(C(C)(C)C)cc(C(C)(C)C)cc4c3cc3c2n1-c1cccc2c1B3c1ccc(C(C)(C)C)c3nc(-c4ccccc4)n-2c13. The van der Waals surface area contributed by atoms with Gasteiger partial charge in [-0.2, -0.15) is 0 Å². The molecule has 0 spiro atoms. The topological polar surface area (TPSA) is 48.8 Å². The van der Waals surface area contributed by atoms with Crippen molar-refractivity contribution in [3.63, 3.8) is 0 Å². The molecule has 11 rings (SSSR count). The zero-order valence-electron chi connectivity index (χ0n) is 35.5. The summed E-state index contributed by atoms with van der Waals surface area (Å²) in [6, 6.07) is 36.1. The zero-order valence-corrected chi connectivity index (χ0v) is 35.5. The van der Waals surface area contributed by atoms with E-state index in [2.05, 4.69) is 182 Å². The maximum Gasteiger partial charge on any atom is 0.252 e. The normalized spacial score (nSPS) is 13.7. The molecule has 6 heteroatoms. The van der Waals surface area contributed by atoms with Gasteiger partial charge in [-0.3, -0.25) is 9.13 Å². The van der Waals surface area contributed by atoms with Crippen LogP contribution in [0.3, 0.4) is 0 Å². The number of nitrogens with zero attached hydrogens (tertiary/aromatic N) is 4. The first kappa shape index (κ1) is 35.3. The fourth-order valence-corrected chi connectivity index (χ4v) is 10.1. The fraction of sp³-hybridized carbons (Fsp3) is 0.269. The smallest absolute Gasteiger partial charge is 0.252 e. The summed E-state index contributed by atoms with van der Waals surface area (Å²) in [5.41, 5.74) is 20.5. The van der Waals surface area contributed by atoms with Gasteiger partial charge in [0.05, 0.1) is 16.6 Å². The average Bonchev–Trinajstić information content (AvgIpc) is 3.86. The molecule has 0 N–H and O–H groups in total. The second kappa shape index (κ2) is 11.4. The molecule has 0 unspecified atom stereocenters. The minimum absolute atomic E-state index is 0.0419. The van der Waals surface area contributed by atoms with Crippen LogP contribution in [0.2, 0.25) is 0 Å². The molecule has 2 aliphatic rings. The van der Waals surface area contributed by atoms with Gasteiger partial charge in [0.25, 0.3) is 6.71 Å². The van der Waals surface area contributed by atoms with Crippen molar-refractivity contribution in [2.45, 2.75) is 92.4 Å².